The van der Waals surface area contributed by atoms with E-state index in [0.717, 1.165) is 31.4 Å². The van der Waals surface area contributed by atoms with Gasteiger partial charge in [-0.05, 0) is 43.4 Å². The van der Waals surface area contributed by atoms with Crippen molar-refractivity contribution < 1.29 is 12.8 Å². The van der Waals surface area contributed by atoms with Crippen molar-refractivity contribution in [3.05, 3.63) is 29.0 Å². The molecule has 0 saturated heterocycles. The monoisotopic (exact) mass is 369 g/mol. The van der Waals surface area contributed by atoms with Crippen LogP contribution in [0.1, 0.15) is 19.3 Å². The Labute approximate surface area is 125 Å². The average Bonchev–Trinajstić information content (AvgIpc) is 2.76. The van der Waals surface area contributed by atoms with Crippen molar-refractivity contribution >= 4 is 37.6 Å². The van der Waals surface area contributed by atoms with E-state index in [1.165, 1.54) is 6.07 Å². The molecular weight excluding hydrogens is 357 g/mol. The number of nitrogens with one attached hydrogen (secondary N) is 1. The molecule has 2 unspecified atom stereocenters. The average molecular weight is 371 g/mol. The predicted molar refractivity (Wildman–Crippen MR) is 76.7 cm³/mol. The van der Waals surface area contributed by atoms with Crippen LogP contribution in [0.4, 0.5) is 4.39 Å². The van der Waals surface area contributed by atoms with E-state index in [1.54, 1.807) is 0 Å². The van der Waals surface area contributed by atoms with Gasteiger partial charge in [-0.2, -0.15) is 0 Å². The maximum absolute atomic E-state index is 13.1. The second kappa shape index (κ2) is 6.08. The molecule has 0 aromatic heterocycles. The summed E-state index contributed by atoms with van der Waals surface area (Å²) in [6, 6.07) is 3.32. The van der Waals surface area contributed by atoms with Gasteiger partial charge in [0.15, 0.2) is 0 Å². The number of hydrogen-bond donors (Lipinski definition) is 1. The van der Waals surface area contributed by atoms with Crippen LogP contribution in [-0.2, 0) is 10.0 Å². The fraction of sp³-hybridized carbons (Fsp3) is 0.500. The molecule has 2 atom stereocenters. The number of hydrogen-bond acceptors (Lipinski definition) is 2. The van der Waals surface area contributed by atoms with Gasteiger partial charge in [0.1, 0.15) is 10.7 Å². The van der Waals surface area contributed by atoms with E-state index < -0.39 is 15.8 Å². The van der Waals surface area contributed by atoms with Gasteiger partial charge in [-0.1, -0.05) is 27.5 Å². The van der Waals surface area contributed by atoms with Crippen molar-refractivity contribution in [2.24, 2.45) is 5.92 Å². The smallest absolute Gasteiger partial charge is 0.211 e. The molecule has 1 fully saturated rings. The van der Waals surface area contributed by atoms with Crippen LogP contribution in [0.3, 0.4) is 0 Å². The minimum Gasteiger partial charge on any atom is -0.211 e. The molecule has 0 heterocycles. The minimum atomic E-state index is -3.76. The lowest BCUT2D eigenvalue weighted by Crippen LogP contribution is -2.29. The molecule has 2 rings (SSSR count). The fourth-order valence-electron chi connectivity index (χ4n) is 2.19. The quantitative estimate of drug-likeness (QED) is 0.827. The second-order valence-corrected chi connectivity index (χ2v) is 8.14. The van der Waals surface area contributed by atoms with Crippen LogP contribution < -0.4 is 4.72 Å². The van der Waals surface area contributed by atoms with E-state index >= 15 is 0 Å². The van der Waals surface area contributed by atoms with Crippen molar-refractivity contribution in [3.63, 3.8) is 0 Å². The molecule has 0 radical (unpaired) electrons. The van der Waals surface area contributed by atoms with Crippen molar-refractivity contribution in [1.29, 1.82) is 0 Å². The first-order chi connectivity index (χ1) is 8.88. The van der Waals surface area contributed by atoms with E-state index in [-0.39, 0.29) is 9.92 Å². The van der Waals surface area contributed by atoms with Gasteiger partial charge in [-0.25, -0.2) is 17.5 Å². The van der Waals surface area contributed by atoms with Crippen LogP contribution in [-0.4, -0.2) is 19.8 Å². The molecule has 0 aliphatic heterocycles. The Morgan fingerprint density at radius 2 is 2.16 bits per heavy atom. The van der Waals surface area contributed by atoms with E-state index in [4.69, 9.17) is 11.6 Å². The lowest BCUT2D eigenvalue weighted by Gasteiger charge is -2.12. The Morgan fingerprint density at radius 3 is 2.79 bits per heavy atom. The maximum atomic E-state index is 13.1. The highest BCUT2D eigenvalue weighted by Gasteiger charge is 2.25. The molecule has 0 bridgehead atoms. The summed E-state index contributed by atoms with van der Waals surface area (Å²) in [6.07, 6.45) is 2.97. The summed E-state index contributed by atoms with van der Waals surface area (Å²) < 4.78 is 39.8. The Morgan fingerprint density at radius 1 is 1.42 bits per heavy atom. The third-order valence-corrected chi connectivity index (χ3v) is 5.96. The van der Waals surface area contributed by atoms with Crippen LogP contribution >= 0.6 is 27.5 Å². The number of rotatable bonds is 4. The van der Waals surface area contributed by atoms with Crippen molar-refractivity contribution in [3.8, 4) is 0 Å². The first-order valence-electron chi connectivity index (χ1n) is 5.97. The van der Waals surface area contributed by atoms with Crippen molar-refractivity contribution in [2.75, 3.05) is 6.54 Å². The third-order valence-electron chi connectivity index (χ3n) is 3.22. The zero-order valence-electron chi connectivity index (χ0n) is 10.1. The summed E-state index contributed by atoms with van der Waals surface area (Å²) in [5.74, 6) is -0.308. The molecule has 106 valence electrons. The van der Waals surface area contributed by atoms with Gasteiger partial charge in [0.25, 0.3) is 0 Å². The summed E-state index contributed by atoms with van der Waals surface area (Å²) in [4.78, 5) is 0.252. The van der Waals surface area contributed by atoms with Gasteiger partial charge < -0.3 is 0 Å². The van der Waals surface area contributed by atoms with E-state index in [9.17, 15) is 12.8 Å². The maximum Gasteiger partial charge on any atom is 0.242 e. The minimum absolute atomic E-state index is 0.0266. The van der Waals surface area contributed by atoms with E-state index in [0.29, 0.717) is 17.3 Å². The van der Waals surface area contributed by atoms with Crippen LogP contribution in [0.2, 0.25) is 5.02 Å². The summed E-state index contributed by atoms with van der Waals surface area (Å²) >= 11 is 9.32. The first kappa shape index (κ1) is 15.2. The highest BCUT2D eigenvalue weighted by atomic mass is 79.9. The Balaban J connectivity index is 2.08. The molecule has 1 aliphatic rings. The van der Waals surface area contributed by atoms with Crippen molar-refractivity contribution in [2.45, 2.75) is 29.0 Å². The van der Waals surface area contributed by atoms with Crippen molar-refractivity contribution in [1.82, 2.24) is 4.72 Å². The van der Waals surface area contributed by atoms with E-state index in [1.807, 2.05) is 0 Å². The highest BCUT2D eigenvalue weighted by molar-refractivity contribution is 9.09. The summed E-state index contributed by atoms with van der Waals surface area (Å²) in [6.45, 7) is 0.358. The van der Waals surface area contributed by atoms with Gasteiger partial charge in [0.05, 0.1) is 5.02 Å². The molecule has 1 aromatic carbocycles. The molecule has 0 amide bonds. The van der Waals surface area contributed by atoms with E-state index in [2.05, 4.69) is 20.7 Å². The summed E-state index contributed by atoms with van der Waals surface area (Å²) in [5.41, 5.74) is 0. The number of benzene rings is 1. The predicted octanol–water partition coefficient (Wildman–Crippen LogP) is 3.32. The molecule has 3 nitrogen and oxygen atoms in total. The highest BCUT2D eigenvalue weighted by Crippen LogP contribution is 2.30. The Hall–Kier alpha value is -0.170. The Kier molecular flexibility index (Phi) is 4.87. The van der Waals surface area contributed by atoms with Gasteiger partial charge in [-0.15, -0.1) is 0 Å². The lowest BCUT2D eigenvalue weighted by molar-refractivity contribution is 0.520. The topological polar surface area (TPSA) is 46.2 Å². The molecule has 7 heteroatoms. The SMILES string of the molecule is O=S(=O)(NCC1CCC(Br)C1)c1cc(F)ccc1Cl. The largest absolute Gasteiger partial charge is 0.242 e. The second-order valence-electron chi connectivity index (χ2n) is 4.70. The Bertz CT molecular complexity index is 567. The molecular formula is C12H14BrClFNO2S. The number of halogens is 3. The van der Waals surface area contributed by atoms with Crippen LogP contribution in [0.15, 0.2) is 23.1 Å². The van der Waals surface area contributed by atoms with Gasteiger partial charge >= 0.3 is 0 Å². The standard InChI is InChI=1S/C12H14BrClFNO2S/c13-9-2-1-8(5-9)7-16-19(17,18)12-6-10(15)3-4-11(12)14/h3-4,6,8-9,16H,1-2,5,7H2. The van der Waals surface area contributed by atoms with Gasteiger partial charge in [0.2, 0.25) is 10.0 Å². The molecule has 1 N–H and O–H groups in total. The summed E-state index contributed by atoms with van der Waals surface area (Å²) in [7, 11) is -3.76. The first-order valence-corrected chi connectivity index (χ1v) is 8.75. The van der Waals surface area contributed by atoms with Crippen LogP contribution in [0.5, 0.6) is 0 Å². The zero-order chi connectivity index (χ0) is 14.0. The summed E-state index contributed by atoms with van der Waals surface area (Å²) in [5, 5.41) is 0.0266. The van der Waals surface area contributed by atoms with Gasteiger partial charge in [0, 0.05) is 11.4 Å². The van der Waals surface area contributed by atoms with Crippen LogP contribution in [0, 0.1) is 11.7 Å². The zero-order valence-corrected chi connectivity index (χ0v) is 13.2. The normalized spacial score (nSPS) is 23.7. The van der Waals surface area contributed by atoms with Crippen LogP contribution in [0.25, 0.3) is 0 Å². The molecule has 1 aliphatic carbocycles. The molecule has 0 spiro atoms. The third kappa shape index (κ3) is 3.90. The lowest BCUT2D eigenvalue weighted by atomic mass is 10.1. The van der Waals surface area contributed by atoms with Gasteiger partial charge in [-0.3, -0.25) is 0 Å². The molecule has 19 heavy (non-hydrogen) atoms. The number of alkyl halides is 1. The molecule has 1 aromatic rings. The fourth-order valence-corrected chi connectivity index (χ4v) is 4.61. The number of sulfonamides is 1. The molecule has 1 saturated carbocycles.